The summed E-state index contributed by atoms with van der Waals surface area (Å²) in [5.74, 6) is 0.814. The van der Waals surface area contributed by atoms with Crippen LogP contribution in [0.2, 0.25) is 5.15 Å². The Morgan fingerprint density at radius 3 is 2.78 bits per heavy atom. The van der Waals surface area contributed by atoms with Crippen molar-refractivity contribution in [2.24, 2.45) is 0 Å². The number of halogens is 1. The fourth-order valence-corrected chi connectivity index (χ4v) is 1.21. The maximum Gasteiger partial charge on any atom is 0.106 e. The second kappa shape index (κ2) is 1.77. The third-order valence-electron chi connectivity index (χ3n) is 1.72. The van der Waals surface area contributed by atoms with Crippen molar-refractivity contribution in [1.29, 1.82) is 0 Å². The average molecular weight is 142 g/mol. The van der Waals surface area contributed by atoms with Crippen molar-refractivity contribution in [2.45, 2.75) is 18.8 Å². The van der Waals surface area contributed by atoms with Crippen molar-refractivity contribution < 1.29 is 0 Å². The van der Waals surface area contributed by atoms with E-state index < -0.39 is 0 Å². The third-order valence-corrected chi connectivity index (χ3v) is 1.94. The summed E-state index contributed by atoms with van der Waals surface area (Å²) in [5.41, 5.74) is 1.38. The van der Waals surface area contributed by atoms with Gasteiger partial charge in [0.05, 0.1) is 0 Å². The highest BCUT2D eigenvalue weighted by Crippen LogP contribution is 2.40. The second-order valence-electron chi connectivity index (χ2n) is 2.56. The molecule has 1 heterocycles. The highest BCUT2D eigenvalue weighted by molar-refractivity contribution is 6.29. The van der Waals surface area contributed by atoms with Crippen LogP contribution in [0.25, 0.3) is 0 Å². The number of aromatic amines is 1. The van der Waals surface area contributed by atoms with Crippen LogP contribution in [0.15, 0.2) is 12.3 Å². The standard InChI is InChI=1S/C7H8ClN/c8-7-3-6(4-9-7)5-1-2-5/h3-5,9H,1-2H2. The minimum absolute atomic E-state index is 0.761. The first-order chi connectivity index (χ1) is 4.36. The van der Waals surface area contributed by atoms with Gasteiger partial charge < -0.3 is 4.98 Å². The maximum atomic E-state index is 5.68. The van der Waals surface area contributed by atoms with Gasteiger partial charge in [-0.3, -0.25) is 0 Å². The summed E-state index contributed by atoms with van der Waals surface area (Å²) in [4.78, 5) is 2.96. The Morgan fingerprint density at radius 2 is 2.33 bits per heavy atom. The van der Waals surface area contributed by atoms with Crippen LogP contribution in [0.1, 0.15) is 24.3 Å². The number of rotatable bonds is 1. The van der Waals surface area contributed by atoms with Crippen molar-refractivity contribution in [3.8, 4) is 0 Å². The average Bonchev–Trinajstić information content (AvgIpc) is 2.58. The number of hydrogen-bond acceptors (Lipinski definition) is 0. The molecule has 1 fully saturated rings. The van der Waals surface area contributed by atoms with Gasteiger partial charge in [0.2, 0.25) is 0 Å². The molecule has 0 spiro atoms. The lowest BCUT2D eigenvalue weighted by molar-refractivity contribution is 1.13. The van der Waals surface area contributed by atoms with E-state index in [0.717, 1.165) is 11.1 Å². The van der Waals surface area contributed by atoms with E-state index in [-0.39, 0.29) is 0 Å². The summed E-state index contributed by atoms with van der Waals surface area (Å²) < 4.78 is 0. The monoisotopic (exact) mass is 141 g/mol. The van der Waals surface area contributed by atoms with Gasteiger partial charge in [-0.2, -0.15) is 0 Å². The Balaban J connectivity index is 2.28. The number of aromatic nitrogens is 1. The van der Waals surface area contributed by atoms with E-state index in [1.807, 2.05) is 12.3 Å². The van der Waals surface area contributed by atoms with Gasteiger partial charge in [-0.25, -0.2) is 0 Å². The van der Waals surface area contributed by atoms with Crippen LogP contribution >= 0.6 is 11.6 Å². The van der Waals surface area contributed by atoms with Crippen LogP contribution < -0.4 is 0 Å². The van der Waals surface area contributed by atoms with Crippen molar-refractivity contribution in [3.63, 3.8) is 0 Å². The molecular formula is C7H8ClN. The third kappa shape index (κ3) is 0.969. The fourth-order valence-electron chi connectivity index (χ4n) is 1.03. The molecule has 0 amide bonds. The quantitative estimate of drug-likeness (QED) is 0.619. The number of nitrogens with one attached hydrogen (secondary N) is 1. The molecule has 1 nitrogen and oxygen atoms in total. The zero-order valence-electron chi connectivity index (χ0n) is 5.02. The Morgan fingerprint density at radius 1 is 1.56 bits per heavy atom. The second-order valence-corrected chi connectivity index (χ2v) is 2.96. The molecule has 0 radical (unpaired) electrons. The highest BCUT2D eigenvalue weighted by Gasteiger charge is 2.23. The predicted octanol–water partition coefficient (Wildman–Crippen LogP) is 2.55. The lowest BCUT2D eigenvalue weighted by Crippen LogP contribution is -1.67. The Hall–Kier alpha value is -0.430. The minimum Gasteiger partial charge on any atom is -0.352 e. The minimum atomic E-state index is 0.761. The fraction of sp³-hybridized carbons (Fsp3) is 0.429. The molecule has 1 aromatic rings. The zero-order chi connectivity index (χ0) is 6.27. The molecule has 2 heteroatoms. The first-order valence-electron chi connectivity index (χ1n) is 3.20. The van der Waals surface area contributed by atoms with E-state index in [0.29, 0.717) is 0 Å². The van der Waals surface area contributed by atoms with Crippen molar-refractivity contribution in [3.05, 3.63) is 23.0 Å². The molecule has 0 saturated heterocycles. The summed E-state index contributed by atoms with van der Waals surface area (Å²) in [6.45, 7) is 0. The van der Waals surface area contributed by atoms with Crippen LogP contribution in [0.3, 0.4) is 0 Å². The van der Waals surface area contributed by atoms with Crippen LogP contribution in [0, 0.1) is 0 Å². The van der Waals surface area contributed by atoms with E-state index in [4.69, 9.17) is 11.6 Å². The summed E-state index contributed by atoms with van der Waals surface area (Å²) in [6, 6.07) is 2.01. The first kappa shape index (κ1) is 5.36. The Kier molecular flexibility index (Phi) is 1.06. The Bertz CT molecular complexity index is 212. The molecular weight excluding hydrogens is 134 g/mol. The van der Waals surface area contributed by atoms with E-state index >= 15 is 0 Å². The zero-order valence-corrected chi connectivity index (χ0v) is 5.78. The largest absolute Gasteiger partial charge is 0.352 e. The molecule has 0 aromatic carbocycles. The van der Waals surface area contributed by atoms with Crippen LogP contribution in [0.5, 0.6) is 0 Å². The van der Waals surface area contributed by atoms with E-state index in [1.165, 1.54) is 18.4 Å². The number of H-pyrrole nitrogens is 1. The lowest BCUT2D eigenvalue weighted by atomic mass is 10.2. The van der Waals surface area contributed by atoms with Gasteiger partial charge in [-0.15, -0.1) is 0 Å². The maximum absolute atomic E-state index is 5.68. The van der Waals surface area contributed by atoms with Gasteiger partial charge in [0.1, 0.15) is 5.15 Å². The first-order valence-corrected chi connectivity index (χ1v) is 3.58. The molecule has 0 aliphatic heterocycles. The van der Waals surface area contributed by atoms with Crippen LogP contribution in [0.4, 0.5) is 0 Å². The van der Waals surface area contributed by atoms with E-state index in [1.54, 1.807) is 0 Å². The van der Waals surface area contributed by atoms with Crippen LogP contribution in [-0.2, 0) is 0 Å². The van der Waals surface area contributed by atoms with Crippen molar-refractivity contribution in [2.75, 3.05) is 0 Å². The SMILES string of the molecule is Clc1cc(C2CC2)c[nH]1. The van der Waals surface area contributed by atoms with Gasteiger partial charge >= 0.3 is 0 Å². The molecule has 1 aliphatic carbocycles. The van der Waals surface area contributed by atoms with Gasteiger partial charge in [-0.05, 0) is 30.4 Å². The van der Waals surface area contributed by atoms with Gasteiger partial charge in [-0.1, -0.05) is 11.6 Å². The van der Waals surface area contributed by atoms with E-state index in [9.17, 15) is 0 Å². The molecule has 1 aliphatic rings. The lowest BCUT2D eigenvalue weighted by Gasteiger charge is -1.82. The Labute approximate surface area is 59.0 Å². The summed E-state index contributed by atoms with van der Waals surface area (Å²) in [7, 11) is 0. The molecule has 2 rings (SSSR count). The van der Waals surface area contributed by atoms with Gasteiger partial charge in [0.25, 0.3) is 0 Å². The van der Waals surface area contributed by atoms with E-state index in [2.05, 4.69) is 4.98 Å². The van der Waals surface area contributed by atoms with Crippen molar-refractivity contribution in [1.82, 2.24) is 4.98 Å². The van der Waals surface area contributed by atoms with Crippen LogP contribution in [-0.4, -0.2) is 4.98 Å². The molecule has 1 N–H and O–H groups in total. The normalized spacial score (nSPS) is 18.3. The summed E-state index contributed by atoms with van der Waals surface area (Å²) in [6.07, 6.45) is 4.68. The highest BCUT2D eigenvalue weighted by atomic mass is 35.5. The number of hydrogen-bond donors (Lipinski definition) is 1. The topological polar surface area (TPSA) is 15.8 Å². The summed E-state index contributed by atoms with van der Waals surface area (Å²) >= 11 is 5.68. The summed E-state index contributed by atoms with van der Waals surface area (Å²) in [5, 5.41) is 0.761. The molecule has 1 aromatic heterocycles. The molecule has 1 saturated carbocycles. The molecule has 0 atom stereocenters. The molecule has 9 heavy (non-hydrogen) atoms. The molecule has 0 unspecified atom stereocenters. The smallest absolute Gasteiger partial charge is 0.106 e. The molecule has 0 bridgehead atoms. The van der Waals surface area contributed by atoms with Crippen molar-refractivity contribution >= 4 is 11.6 Å². The van der Waals surface area contributed by atoms with Gasteiger partial charge in [0, 0.05) is 6.20 Å². The molecule has 48 valence electrons. The van der Waals surface area contributed by atoms with Gasteiger partial charge in [0.15, 0.2) is 0 Å². The predicted molar refractivity (Wildman–Crippen MR) is 37.8 cm³/mol.